The van der Waals surface area contributed by atoms with E-state index < -0.39 is 114 Å². The average Bonchev–Trinajstić information content (AvgIpc) is 3.14. The van der Waals surface area contributed by atoms with Crippen LogP contribution in [0.25, 0.3) is 0 Å². The smallest absolute Gasteiger partial charge is 0.334 e. The molecular weight excluding hydrogens is 746 g/mol. The Kier molecular flexibility index (Phi) is 20.8. The van der Waals surface area contributed by atoms with Gasteiger partial charge in [0, 0.05) is 32.6 Å². The third kappa shape index (κ3) is 14.5. The summed E-state index contributed by atoms with van der Waals surface area (Å²) in [5.74, 6) is -6.47. The highest BCUT2D eigenvalue weighted by Gasteiger charge is 2.39. The van der Waals surface area contributed by atoms with E-state index in [-0.39, 0.29) is 24.3 Å². The molecule has 3 N–H and O–H groups in total. The first-order valence-electron chi connectivity index (χ1n) is 20.6. The lowest BCUT2D eigenvalue weighted by atomic mass is 9.90. The minimum absolute atomic E-state index is 0.0144. The van der Waals surface area contributed by atoms with Crippen LogP contribution < -0.4 is 10.6 Å². The van der Waals surface area contributed by atoms with Gasteiger partial charge in [0.1, 0.15) is 30.3 Å². The van der Waals surface area contributed by atoms with Gasteiger partial charge >= 0.3 is 11.9 Å². The van der Waals surface area contributed by atoms with Crippen LogP contribution in [0.15, 0.2) is 23.3 Å². The third-order valence-electron chi connectivity index (χ3n) is 10.7. The molecule has 1 rings (SSSR count). The van der Waals surface area contributed by atoms with E-state index in [1.165, 1.54) is 55.8 Å². The van der Waals surface area contributed by atoms with Crippen molar-refractivity contribution in [3.63, 3.8) is 0 Å². The largest absolute Gasteiger partial charge is 0.456 e. The molecule has 58 heavy (non-hydrogen) atoms. The Morgan fingerprint density at radius 1 is 0.828 bits per heavy atom. The van der Waals surface area contributed by atoms with Crippen molar-refractivity contribution >= 4 is 41.5 Å². The standard InChI is InChI=1S/C43H73N5O10/c1-17-18-27(10)37-29(12)32(49)20-19-28(11)42(55)57-36(26(8)9)38(51)45-35(25(6)7)41(54)48(16)31(21-23(2)3)39(52)46(14)22-33(50)44-34(24(4)5)40(53)47(15)30(13)43(56)58-37/h18-19,23-26,29-32,34-37,49H,17,20-22H2,1-16H3,(H,44,50)(H,45,51)/b27-18+,28-19+/t29-,30-,31+,32-,34-,35-,36+,37+/m0/s1. The van der Waals surface area contributed by atoms with Gasteiger partial charge < -0.3 is 39.9 Å². The Hall–Kier alpha value is -4.27. The Morgan fingerprint density at radius 2 is 1.36 bits per heavy atom. The van der Waals surface area contributed by atoms with Gasteiger partial charge in [0.2, 0.25) is 23.6 Å². The number of nitrogens with one attached hydrogen (secondary N) is 2. The van der Waals surface area contributed by atoms with Crippen LogP contribution in [0.4, 0.5) is 0 Å². The highest BCUT2D eigenvalue weighted by Crippen LogP contribution is 2.25. The molecule has 5 amide bonds. The van der Waals surface area contributed by atoms with Gasteiger partial charge in [0.15, 0.2) is 6.10 Å². The summed E-state index contributed by atoms with van der Waals surface area (Å²) in [6, 6.07) is -4.25. The number of allylic oxidation sites excluding steroid dienone is 1. The predicted octanol–water partition coefficient (Wildman–Crippen LogP) is 3.63. The molecule has 0 aromatic carbocycles. The number of hydrogen-bond donors (Lipinski definition) is 3. The van der Waals surface area contributed by atoms with Gasteiger partial charge in [-0.15, -0.1) is 0 Å². The number of carbonyl (C=O) groups excluding carboxylic acids is 7. The highest BCUT2D eigenvalue weighted by atomic mass is 16.6. The molecule has 0 unspecified atom stereocenters. The maximum absolute atomic E-state index is 14.1. The molecule has 0 aromatic rings. The van der Waals surface area contributed by atoms with Crippen molar-refractivity contribution in [3.8, 4) is 0 Å². The second-order valence-electron chi connectivity index (χ2n) is 17.3. The van der Waals surface area contributed by atoms with E-state index in [9.17, 15) is 38.7 Å². The SMILES string of the molecule is CC/C=C(\C)[C@H]1OC(=O)[C@H](C)N(C)C(=O)[C@H](C(C)C)NC(=O)CN(C)C(=O)[C@@H](CC(C)C)N(C)C(=O)[C@H](C(C)C)NC(=O)[C@@H](C(C)C)OC(=O)/C(C)=C/C[C@H](O)[C@@H]1C. The third-order valence-corrected chi connectivity index (χ3v) is 10.7. The Morgan fingerprint density at radius 3 is 1.86 bits per heavy atom. The van der Waals surface area contributed by atoms with E-state index in [2.05, 4.69) is 10.6 Å². The number of ether oxygens (including phenoxy) is 2. The molecule has 0 aromatic heterocycles. The van der Waals surface area contributed by atoms with Gasteiger partial charge in [0.25, 0.3) is 5.91 Å². The monoisotopic (exact) mass is 820 g/mol. The molecule has 330 valence electrons. The van der Waals surface area contributed by atoms with Crippen LogP contribution in [0, 0.1) is 29.6 Å². The highest BCUT2D eigenvalue weighted by molar-refractivity contribution is 5.96. The summed E-state index contributed by atoms with van der Waals surface area (Å²) in [5.41, 5.74) is 0.824. The van der Waals surface area contributed by atoms with E-state index in [0.717, 1.165) is 0 Å². The number of hydrogen-bond acceptors (Lipinski definition) is 10. The van der Waals surface area contributed by atoms with E-state index in [0.29, 0.717) is 12.0 Å². The molecule has 15 heteroatoms. The van der Waals surface area contributed by atoms with Crippen LogP contribution in [-0.2, 0) is 43.0 Å². The van der Waals surface area contributed by atoms with Crippen molar-refractivity contribution in [1.82, 2.24) is 25.3 Å². The Balaban J connectivity index is 3.84. The van der Waals surface area contributed by atoms with Crippen LogP contribution in [0.2, 0.25) is 0 Å². The van der Waals surface area contributed by atoms with E-state index in [4.69, 9.17) is 9.47 Å². The normalized spacial score (nSPS) is 29.1. The van der Waals surface area contributed by atoms with Crippen LogP contribution >= 0.6 is 0 Å². The summed E-state index contributed by atoms with van der Waals surface area (Å²) in [7, 11) is 4.34. The number of likely N-dealkylation sites (N-methyl/N-ethyl adjacent to an activating group) is 3. The molecular formula is C43H73N5O10. The zero-order chi connectivity index (χ0) is 44.9. The molecule has 0 spiro atoms. The maximum Gasteiger partial charge on any atom is 0.334 e. The number of nitrogens with zero attached hydrogens (tertiary/aromatic N) is 3. The van der Waals surface area contributed by atoms with E-state index in [1.807, 2.05) is 26.8 Å². The first-order valence-corrected chi connectivity index (χ1v) is 20.6. The Bertz CT molecular complexity index is 1520. The fourth-order valence-electron chi connectivity index (χ4n) is 6.62. The van der Waals surface area contributed by atoms with Gasteiger partial charge in [0.05, 0.1) is 12.6 Å². The summed E-state index contributed by atoms with van der Waals surface area (Å²) >= 11 is 0. The number of aliphatic hydroxyl groups excluding tert-OH is 1. The molecule has 8 atom stereocenters. The number of carbonyl (C=O) groups is 7. The number of esters is 2. The summed E-state index contributed by atoms with van der Waals surface area (Å²) in [6.45, 7) is 22.2. The second kappa shape index (κ2) is 23.4. The fraction of sp³-hybridized carbons (Fsp3) is 0.744. The molecule has 0 saturated heterocycles. The lowest BCUT2D eigenvalue weighted by molar-refractivity contribution is -0.160. The lowest BCUT2D eigenvalue weighted by Gasteiger charge is -2.36. The van der Waals surface area contributed by atoms with Crippen LogP contribution in [-0.4, -0.2) is 131 Å². The summed E-state index contributed by atoms with van der Waals surface area (Å²) < 4.78 is 11.7. The van der Waals surface area contributed by atoms with Crippen molar-refractivity contribution in [1.29, 1.82) is 0 Å². The second-order valence-corrected chi connectivity index (χ2v) is 17.3. The van der Waals surface area contributed by atoms with Gasteiger partial charge in [-0.2, -0.15) is 0 Å². The number of aliphatic hydroxyl groups is 1. The first-order chi connectivity index (χ1) is 26.8. The van der Waals surface area contributed by atoms with Crippen LogP contribution in [0.5, 0.6) is 0 Å². The van der Waals surface area contributed by atoms with Crippen molar-refractivity contribution < 1.29 is 48.1 Å². The first kappa shape index (κ1) is 51.7. The molecule has 1 aliphatic rings. The summed E-state index contributed by atoms with van der Waals surface area (Å²) in [4.78, 5) is 99.9. The molecule has 0 saturated carbocycles. The molecule has 1 heterocycles. The quantitative estimate of drug-likeness (QED) is 0.253. The van der Waals surface area contributed by atoms with Gasteiger partial charge in [-0.25, -0.2) is 9.59 Å². The summed E-state index contributed by atoms with van der Waals surface area (Å²) in [5, 5.41) is 16.8. The van der Waals surface area contributed by atoms with E-state index >= 15 is 0 Å². The van der Waals surface area contributed by atoms with Crippen molar-refractivity contribution in [2.45, 2.75) is 152 Å². The zero-order valence-corrected chi connectivity index (χ0v) is 37.9. The fourth-order valence-corrected chi connectivity index (χ4v) is 6.62. The molecule has 15 nitrogen and oxygen atoms in total. The maximum atomic E-state index is 14.1. The molecule has 0 bridgehead atoms. The number of amides is 5. The van der Waals surface area contributed by atoms with Crippen LogP contribution in [0.3, 0.4) is 0 Å². The predicted molar refractivity (Wildman–Crippen MR) is 222 cm³/mol. The molecule has 0 aliphatic carbocycles. The topological polar surface area (TPSA) is 192 Å². The van der Waals surface area contributed by atoms with Crippen LogP contribution in [0.1, 0.15) is 109 Å². The van der Waals surface area contributed by atoms with Crippen molar-refractivity contribution in [2.75, 3.05) is 27.7 Å². The van der Waals surface area contributed by atoms with E-state index in [1.54, 1.807) is 55.4 Å². The minimum Gasteiger partial charge on any atom is -0.456 e. The molecule has 1 aliphatic heterocycles. The summed E-state index contributed by atoms with van der Waals surface area (Å²) in [6.07, 6.45) is 0.989. The number of rotatable bonds is 7. The number of cyclic esters (lactones) is 2. The van der Waals surface area contributed by atoms with Gasteiger partial charge in [-0.05, 0) is 69.3 Å². The average molecular weight is 820 g/mol. The minimum atomic E-state index is -1.28. The molecule has 0 fully saturated rings. The molecule has 0 radical (unpaired) electrons. The van der Waals surface area contributed by atoms with Crippen molar-refractivity contribution in [2.24, 2.45) is 29.6 Å². The van der Waals surface area contributed by atoms with Gasteiger partial charge in [-0.3, -0.25) is 24.0 Å². The Labute approximate surface area is 346 Å². The lowest BCUT2D eigenvalue weighted by Crippen LogP contribution is -2.59. The van der Waals surface area contributed by atoms with Crippen molar-refractivity contribution in [3.05, 3.63) is 23.3 Å². The van der Waals surface area contributed by atoms with Gasteiger partial charge in [-0.1, -0.05) is 81.4 Å². The zero-order valence-electron chi connectivity index (χ0n) is 37.9.